The summed E-state index contributed by atoms with van der Waals surface area (Å²) >= 11 is -1.99. The number of rotatable bonds is 8. The molecular formula is C13H28OSn. The van der Waals surface area contributed by atoms with E-state index < -0.39 is 18.4 Å². The van der Waals surface area contributed by atoms with E-state index in [0.717, 1.165) is 0 Å². The molecule has 0 spiro atoms. The van der Waals surface area contributed by atoms with Gasteiger partial charge in [-0.25, -0.2) is 0 Å². The van der Waals surface area contributed by atoms with Gasteiger partial charge in [0.2, 0.25) is 0 Å². The quantitative estimate of drug-likeness (QED) is 0.463. The number of allylic oxidation sites excluding steroid dienone is 1. The van der Waals surface area contributed by atoms with Crippen LogP contribution in [0.5, 0.6) is 0 Å². The monoisotopic (exact) mass is 320 g/mol. The van der Waals surface area contributed by atoms with Gasteiger partial charge < -0.3 is 0 Å². The zero-order valence-electron chi connectivity index (χ0n) is 11.2. The van der Waals surface area contributed by atoms with Crippen LogP contribution in [0.15, 0.2) is 9.85 Å². The molecule has 1 nitrogen and oxygen atoms in total. The van der Waals surface area contributed by atoms with E-state index in [4.69, 9.17) is 4.74 Å². The van der Waals surface area contributed by atoms with Crippen LogP contribution in [0.2, 0.25) is 13.3 Å². The molecule has 0 atom stereocenters. The van der Waals surface area contributed by atoms with Crippen LogP contribution < -0.4 is 0 Å². The zero-order chi connectivity index (χ0) is 11.7. The van der Waals surface area contributed by atoms with Crippen molar-refractivity contribution in [1.29, 1.82) is 0 Å². The second-order valence-corrected chi connectivity index (χ2v) is 18.4. The molecule has 0 bridgehead atoms. The number of ether oxygens (including phenoxy) is 1. The summed E-state index contributed by atoms with van der Waals surface area (Å²) in [7, 11) is 1.78. The predicted octanol–water partition coefficient (Wildman–Crippen LogP) is 4.75. The van der Waals surface area contributed by atoms with Gasteiger partial charge in [-0.05, 0) is 0 Å². The van der Waals surface area contributed by atoms with Crippen LogP contribution >= 0.6 is 0 Å². The summed E-state index contributed by atoms with van der Waals surface area (Å²) in [6.07, 6.45) is 6.10. The second-order valence-electron chi connectivity index (χ2n) is 4.57. The molecule has 15 heavy (non-hydrogen) atoms. The molecular weight excluding hydrogens is 291 g/mol. The zero-order valence-corrected chi connectivity index (χ0v) is 14.1. The van der Waals surface area contributed by atoms with Gasteiger partial charge in [-0.2, -0.15) is 0 Å². The average molecular weight is 319 g/mol. The predicted molar refractivity (Wildman–Crippen MR) is 71.8 cm³/mol. The van der Waals surface area contributed by atoms with E-state index in [2.05, 4.69) is 27.7 Å². The molecule has 0 aliphatic carbocycles. The molecule has 0 aliphatic rings. The van der Waals surface area contributed by atoms with Crippen LogP contribution in [-0.4, -0.2) is 25.5 Å². The van der Waals surface area contributed by atoms with Gasteiger partial charge in [0, 0.05) is 0 Å². The number of methoxy groups -OCH3 is 1. The van der Waals surface area contributed by atoms with Gasteiger partial charge in [0.1, 0.15) is 0 Å². The molecule has 0 aromatic carbocycles. The average Bonchev–Trinajstić information content (AvgIpc) is 2.19. The maximum atomic E-state index is 5.24. The summed E-state index contributed by atoms with van der Waals surface area (Å²) < 4.78 is 11.4. The fourth-order valence-electron chi connectivity index (χ4n) is 2.70. The third kappa shape index (κ3) is 4.79. The van der Waals surface area contributed by atoms with E-state index in [9.17, 15) is 0 Å². The Balaban J connectivity index is 4.82. The second kappa shape index (κ2) is 8.49. The maximum absolute atomic E-state index is 5.24. The van der Waals surface area contributed by atoms with Crippen molar-refractivity contribution in [3.05, 3.63) is 9.85 Å². The molecule has 0 rings (SSSR count). The van der Waals surface area contributed by atoms with Gasteiger partial charge in [0.25, 0.3) is 0 Å². The molecule has 0 aliphatic heterocycles. The summed E-state index contributed by atoms with van der Waals surface area (Å²) in [6, 6.07) is 0. The molecule has 0 heterocycles. The van der Waals surface area contributed by atoms with E-state index in [0.29, 0.717) is 0 Å². The first-order chi connectivity index (χ1) is 7.16. The molecule has 0 unspecified atom stereocenters. The third-order valence-corrected chi connectivity index (χ3v) is 20.9. The van der Waals surface area contributed by atoms with Crippen LogP contribution in [0.4, 0.5) is 0 Å². The van der Waals surface area contributed by atoms with Crippen LogP contribution in [-0.2, 0) is 4.74 Å². The first kappa shape index (κ1) is 15.3. The minimum absolute atomic E-state index is 1.35. The van der Waals surface area contributed by atoms with Crippen LogP contribution in [0.1, 0.15) is 47.0 Å². The van der Waals surface area contributed by atoms with Gasteiger partial charge in [-0.1, -0.05) is 0 Å². The van der Waals surface area contributed by atoms with Gasteiger partial charge in [-0.3, -0.25) is 0 Å². The Hall–Kier alpha value is 0.339. The number of hydrogen-bond acceptors (Lipinski definition) is 1. The summed E-state index contributed by atoms with van der Waals surface area (Å²) in [4.78, 5) is 0. The van der Waals surface area contributed by atoms with Crippen LogP contribution in [0.3, 0.4) is 0 Å². The van der Waals surface area contributed by atoms with Crippen molar-refractivity contribution in [2.75, 3.05) is 7.11 Å². The molecule has 0 aromatic rings. The first-order valence-electron chi connectivity index (χ1n) is 6.36. The third-order valence-electron chi connectivity index (χ3n) is 3.32. The van der Waals surface area contributed by atoms with Gasteiger partial charge in [-0.15, -0.1) is 0 Å². The van der Waals surface area contributed by atoms with Gasteiger partial charge in [0.05, 0.1) is 0 Å². The Morgan fingerprint density at radius 2 is 1.40 bits per heavy atom. The summed E-state index contributed by atoms with van der Waals surface area (Å²) in [5.41, 5.74) is 0. The normalized spacial score (nSPS) is 13.0. The Bertz CT molecular complexity index is 170. The van der Waals surface area contributed by atoms with Crippen molar-refractivity contribution in [2.45, 2.75) is 60.3 Å². The number of hydrogen-bond donors (Lipinski definition) is 0. The van der Waals surface area contributed by atoms with Crippen molar-refractivity contribution in [3.63, 3.8) is 0 Å². The SMILES string of the molecule is CC[CH2][Sn]([CH2]CC)([CH2]CC)/[C](C)=C\OC. The van der Waals surface area contributed by atoms with Gasteiger partial charge >= 0.3 is 100 Å². The molecule has 90 valence electrons. The van der Waals surface area contributed by atoms with Crippen molar-refractivity contribution in [3.8, 4) is 0 Å². The van der Waals surface area contributed by atoms with E-state index in [1.54, 1.807) is 10.7 Å². The summed E-state index contributed by atoms with van der Waals surface area (Å²) in [5, 5.41) is 0. The molecule has 2 heteroatoms. The molecule has 0 aromatic heterocycles. The van der Waals surface area contributed by atoms with Crippen molar-refractivity contribution < 1.29 is 4.74 Å². The molecule has 0 saturated heterocycles. The van der Waals surface area contributed by atoms with E-state index in [1.165, 1.54) is 32.6 Å². The Morgan fingerprint density at radius 3 is 1.67 bits per heavy atom. The molecule has 0 fully saturated rings. The van der Waals surface area contributed by atoms with Crippen LogP contribution in [0.25, 0.3) is 0 Å². The van der Waals surface area contributed by atoms with Gasteiger partial charge in [0.15, 0.2) is 0 Å². The minimum atomic E-state index is -1.99. The summed E-state index contributed by atoms with van der Waals surface area (Å²) in [6.45, 7) is 9.31. The van der Waals surface area contributed by atoms with E-state index >= 15 is 0 Å². The van der Waals surface area contributed by atoms with Crippen molar-refractivity contribution in [1.82, 2.24) is 0 Å². The molecule has 0 saturated carbocycles. The van der Waals surface area contributed by atoms with E-state index in [-0.39, 0.29) is 0 Å². The molecule has 0 radical (unpaired) electrons. The fraction of sp³-hybridized carbons (Fsp3) is 0.846. The fourth-order valence-corrected chi connectivity index (χ4v) is 17.5. The van der Waals surface area contributed by atoms with E-state index in [1.807, 2.05) is 6.26 Å². The first-order valence-corrected chi connectivity index (χ1v) is 13.8. The summed E-state index contributed by atoms with van der Waals surface area (Å²) in [5.74, 6) is 0. The topological polar surface area (TPSA) is 9.23 Å². The Kier molecular flexibility index (Phi) is 8.68. The molecule has 0 N–H and O–H groups in total. The van der Waals surface area contributed by atoms with Crippen molar-refractivity contribution >= 4 is 18.4 Å². The Morgan fingerprint density at radius 1 is 1.00 bits per heavy atom. The standard InChI is InChI=1S/C4H7O.3C3H7.Sn/c1-3-4-5-2;3*1-3-2;/h4H,1-2H3;3*1,3H2,2H3;. The van der Waals surface area contributed by atoms with Crippen molar-refractivity contribution in [2.24, 2.45) is 0 Å². The Labute approximate surface area is 100 Å². The van der Waals surface area contributed by atoms with Crippen LogP contribution in [0, 0.1) is 0 Å². The molecule has 0 amide bonds.